The number of amides is 1. The molecule has 0 spiro atoms. The molecule has 3 fully saturated rings. The van der Waals surface area contributed by atoms with Crippen molar-refractivity contribution < 1.29 is 37.8 Å². The lowest BCUT2D eigenvalue weighted by Gasteiger charge is -2.35. The Hall–Kier alpha value is -4.21. The number of fused-ring (bicyclic) bond motifs is 1. The number of hydrogen-bond donors (Lipinski definition) is 1. The molecule has 1 aliphatic heterocycles. The minimum Gasteiger partial charge on any atom is -0.431 e. The second kappa shape index (κ2) is 16.2. The number of ether oxygens (including phenoxy) is 3. The molecule has 6 rings (SSSR count). The lowest BCUT2D eigenvalue weighted by Crippen LogP contribution is -2.46. The summed E-state index contributed by atoms with van der Waals surface area (Å²) in [4.78, 5) is 58.1. The van der Waals surface area contributed by atoms with Crippen molar-refractivity contribution in [3.8, 4) is 0 Å². The van der Waals surface area contributed by atoms with Crippen LogP contribution in [0.1, 0.15) is 106 Å². The van der Waals surface area contributed by atoms with Gasteiger partial charge in [0.15, 0.2) is 5.78 Å². The Kier molecular flexibility index (Phi) is 11.5. The molecule has 1 amide bonds. The zero-order chi connectivity index (χ0) is 35.2. The summed E-state index contributed by atoms with van der Waals surface area (Å²) < 4.78 is 29.2. The van der Waals surface area contributed by atoms with Gasteiger partial charge in [0.2, 0.25) is 12.2 Å². The molecule has 2 aliphatic carbocycles. The molecule has 2 heterocycles. The van der Waals surface area contributed by atoms with Crippen LogP contribution >= 0.6 is 0 Å². The third-order valence-corrected chi connectivity index (χ3v) is 11.0. The van der Waals surface area contributed by atoms with Crippen LogP contribution in [0.25, 0.3) is 10.9 Å². The fraction of sp³-hybridized carbons (Fsp3) is 0.550. The van der Waals surface area contributed by atoms with Crippen LogP contribution in [0.15, 0.2) is 54.6 Å². The summed E-state index contributed by atoms with van der Waals surface area (Å²) in [5.41, 5.74) is 2.70. The number of halogens is 1. The standard InChI is InChI=1S/C40H49FN2O7/c1-25(24-41)28-14-16-30(17-15-28)38(45)43-20-19-33(29-9-5-3-6-10-29)37(43)36(44)22-27-13-18-34-31(21-27)23-35(42-34)39(46)48-26(2)49-40(47)50-32-11-7-4-8-12-32/h3,5-6,9-10,13,18,21,23,25-26,28,30,32-33,37,42H,4,7-8,11-12,14-17,19-20,22,24H2,1-2H3/t25-,26?,28?,30?,33-,37+/m1/s1. The van der Waals surface area contributed by atoms with Crippen molar-refractivity contribution in [3.63, 3.8) is 0 Å². The Bertz CT molecular complexity index is 1640. The second-order valence-electron chi connectivity index (χ2n) is 14.5. The van der Waals surface area contributed by atoms with Gasteiger partial charge in [-0.05, 0) is 98.9 Å². The maximum atomic E-state index is 14.2. The molecule has 1 unspecified atom stereocenters. The molecule has 10 heteroatoms. The highest BCUT2D eigenvalue weighted by Crippen LogP contribution is 2.39. The van der Waals surface area contributed by atoms with Crippen LogP contribution in [0.3, 0.4) is 0 Å². The zero-order valence-corrected chi connectivity index (χ0v) is 29.1. The summed E-state index contributed by atoms with van der Waals surface area (Å²) >= 11 is 0. The van der Waals surface area contributed by atoms with Gasteiger partial charge in [0.25, 0.3) is 0 Å². The number of aromatic nitrogens is 1. The second-order valence-corrected chi connectivity index (χ2v) is 14.5. The van der Waals surface area contributed by atoms with Gasteiger partial charge in [0.1, 0.15) is 11.8 Å². The first-order valence-electron chi connectivity index (χ1n) is 18.3. The SMILES string of the molecule is CC(OC(=O)OC1CCCCC1)OC(=O)c1cc2cc(CC(=O)[C@@H]3[C@@H](c4ccccc4)CCN3C(=O)C3CCC([C@H](C)CF)CC3)ccc2[nH]1. The monoisotopic (exact) mass is 688 g/mol. The molecule has 0 radical (unpaired) electrons. The van der Waals surface area contributed by atoms with Gasteiger partial charge < -0.3 is 24.1 Å². The molecule has 2 saturated carbocycles. The summed E-state index contributed by atoms with van der Waals surface area (Å²) in [6, 6.07) is 16.5. The van der Waals surface area contributed by atoms with E-state index < -0.39 is 24.5 Å². The van der Waals surface area contributed by atoms with Crippen molar-refractivity contribution >= 4 is 34.7 Å². The summed E-state index contributed by atoms with van der Waals surface area (Å²) in [5.74, 6) is -0.606. The highest BCUT2D eigenvalue weighted by Gasteiger charge is 2.44. The molecule has 9 nitrogen and oxygen atoms in total. The molecule has 50 heavy (non-hydrogen) atoms. The molecular formula is C40H49FN2O7. The van der Waals surface area contributed by atoms with E-state index in [0.717, 1.165) is 74.3 Å². The van der Waals surface area contributed by atoms with Crippen molar-refractivity contribution in [2.75, 3.05) is 13.2 Å². The van der Waals surface area contributed by atoms with Gasteiger partial charge in [-0.3, -0.25) is 14.0 Å². The van der Waals surface area contributed by atoms with Gasteiger partial charge in [-0.2, -0.15) is 0 Å². The summed E-state index contributed by atoms with van der Waals surface area (Å²) in [5, 5.41) is 0.728. The molecule has 3 aromatic rings. The van der Waals surface area contributed by atoms with Crippen molar-refractivity contribution in [3.05, 3.63) is 71.4 Å². The van der Waals surface area contributed by atoms with Gasteiger partial charge in [-0.25, -0.2) is 9.59 Å². The van der Waals surface area contributed by atoms with Crippen LogP contribution in [0.4, 0.5) is 9.18 Å². The van der Waals surface area contributed by atoms with E-state index in [4.69, 9.17) is 14.2 Å². The van der Waals surface area contributed by atoms with Gasteiger partial charge in [0, 0.05) is 42.6 Å². The topological polar surface area (TPSA) is 115 Å². The number of Topliss-reactive ketones (excluding diaryl/α,β-unsaturated/α-hetero) is 1. The number of esters is 1. The molecule has 1 aromatic heterocycles. The van der Waals surface area contributed by atoms with Crippen LogP contribution in [0.5, 0.6) is 0 Å². The van der Waals surface area contributed by atoms with Crippen LogP contribution in [0, 0.1) is 17.8 Å². The van der Waals surface area contributed by atoms with E-state index in [1.165, 1.54) is 6.92 Å². The summed E-state index contributed by atoms with van der Waals surface area (Å²) in [6.07, 6.45) is 6.57. The van der Waals surface area contributed by atoms with Crippen molar-refractivity contribution in [2.24, 2.45) is 17.8 Å². The van der Waals surface area contributed by atoms with E-state index in [2.05, 4.69) is 4.98 Å². The molecule has 3 aliphatic rings. The molecule has 268 valence electrons. The maximum Gasteiger partial charge on any atom is 0.511 e. The fourth-order valence-electron chi connectivity index (χ4n) is 8.21. The van der Waals surface area contributed by atoms with Gasteiger partial charge in [-0.1, -0.05) is 49.7 Å². The molecule has 1 saturated heterocycles. The smallest absolute Gasteiger partial charge is 0.431 e. The highest BCUT2D eigenvalue weighted by atomic mass is 19.1. The van der Waals surface area contributed by atoms with Crippen LogP contribution in [0.2, 0.25) is 0 Å². The van der Waals surface area contributed by atoms with E-state index in [-0.39, 0.29) is 54.3 Å². The maximum absolute atomic E-state index is 14.2. The molecule has 4 atom stereocenters. The predicted molar refractivity (Wildman–Crippen MR) is 186 cm³/mol. The van der Waals surface area contributed by atoms with E-state index in [9.17, 15) is 23.6 Å². The highest BCUT2D eigenvalue weighted by molar-refractivity contribution is 5.96. The third-order valence-electron chi connectivity index (χ3n) is 11.0. The number of carbonyl (C=O) groups is 4. The number of likely N-dealkylation sites (tertiary alicyclic amines) is 1. The molecule has 2 aromatic carbocycles. The number of carbonyl (C=O) groups excluding carboxylic acids is 4. The number of benzene rings is 2. The van der Waals surface area contributed by atoms with E-state index >= 15 is 0 Å². The van der Waals surface area contributed by atoms with Crippen LogP contribution < -0.4 is 0 Å². The predicted octanol–water partition coefficient (Wildman–Crippen LogP) is 8.06. The number of H-pyrrole nitrogens is 1. The zero-order valence-electron chi connectivity index (χ0n) is 29.1. The lowest BCUT2D eigenvalue weighted by atomic mass is 9.76. The van der Waals surface area contributed by atoms with Gasteiger partial charge >= 0.3 is 12.1 Å². The van der Waals surface area contributed by atoms with Gasteiger partial charge in [0.05, 0.1) is 12.7 Å². The Labute approximate surface area is 293 Å². The average molecular weight is 689 g/mol. The largest absolute Gasteiger partial charge is 0.511 e. The fourth-order valence-corrected chi connectivity index (χ4v) is 8.21. The summed E-state index contributed by atoms with van der Waals surface area (Å²) in [6.45, 7) is 3.60. The van der Waals surface area contributed by atoms with Crippen LogP contribution in [-0.2, 0) is 30.2 Å². The average Bonchev–Trinajstić information content (AvgIpc) is 3.77. The first kappa shape index (κ1) is 35.6. The Morgan fingerprint density at radius 2 is 1.62 bits per heavy atom. The number of nitrogens with zero attached hydrogens (tertiary/aromatic N) is 1. The number of alkyl halides is 1. The van der Waals surface area contributed by atoms with Crippen molar-refractivity contribution in [1.82, 2.24) is 9.88 Å². The minimum atomic E-state index is -1.14. The van der Waals surface area contributed by atoms with E-state index in [0.29, 0.717) is 24.4 Å². The Morgan fingerprint density at radius 1 is 0.880 bits per heavy atom. The molecule has 0 bridgehead atoms. The number of aromatic amines is 1. The quantitative estimate of drug-likeness (QED) is 0.160. The molecule has 1 N–H and O–H groups in total. The van der Waals surface area contributed by atoms with E-state index in [1.807, 2.05) is 60.4 Å². The van der Waals surface area contributed by atoms with Crippen LogP contribution in [-0.4, -0.2) is 65.4 Å². The number of rotatable bonds is 11. The molecular weight excluding hydrogens is 639 g/mol. The van der Waals surface area contributed by atoms with E-state index in [1.54, 1.807) is 6.07 Å². The number of hydrogen-bond acceptors (Lipinski definition) is 7. The Morgan fingerprint density at radius 3 is 2.34 bits per heavy atom. The number of nitrogens with one attached hydrogen (secondary N) is 1. The van der Waals surface area contributed by atoms with Crippen molar-refractivity contribution in [2.45, 2.75) is 109 Å². The van der Waals surface area contributed by atoms with Gasteiger partial charge in [-0.15, -0.1) is 0 Å². The van der Waals surface area contributed by atoms with Crippen molar-refractivity contribution in [1.29, 1.82) is 0 Å². The number of ketones is 1. The minimum absolute atomic E-state index is 0.00718. The normalized spacial score (nSPS) is 24.0. The first-order chi connectivity index (χ1) is 24.2. The first-order valence-corrected chi connectivity index (χ1v) is 18.3. The lowest BCUT2D eigenvalue weighted by molar-refractivity contribution is -0.142. The summed E-state index contributed by atoms with van der Waals surface area (Å²) in [7, 11) is 0. The third kappa shape index (κ3) is 8.38. The Balaban J connectivity index is 1.11.